The van der Waals surface area contributed by atoms with Gasteiger partial charge in [-0.3, -0.25) is 15.6 Å². The van der Waals surface area contributed by atoms with Crippen LogP contribution in [0, 0.1) is 11.7 Å². The lowest BCUT2D eigenvalue weighted by molar-refractivity contribution is -0.126. The van der Waals surface area contributed by atoms with Crippen LogP contribution in [0.4, 0.5) is 4.39 Å². The van der Waals surface area contributed by atoms with E-state index in [0.29, 0.717) is 25.9 Å². The van der Waals surface area contributed by atoms with Crippen LogP contribution in [0.1, 0.15) is 25.3 Å². The lowest BCUT2D eigenvalue weighted by atomic mass is 9.99. The number of rotatable bonds is 5. The van der Waals surface area contributed by atoms with Crippen LogP contribution in [0.25, 0.3) is 0 Å². The number of amides is 1. The normalized spacial score (nSPS) is 18.2. The van der Waals surface area contributed by atoms with Crippen LogP contribution in [-0.2, 0) is 21.4 Å². The molecule has 0 radical (unpaired) electrons. The summed E-state index contributed by atoms with van der Waals surface area (Å²) >= 11 is 5.08. The highest BCUT2D eigenvalue weighted by molar-refractivity contribution is 7.89. The molecule has 1 aromatic rings. The monoisotopic (exact) mass is 402 g/mol. The minimum absolute atomic E-state index is 0.0248. The lowest BCUT2D eigenvalue weighted by Crippen LogP contribution is -2.52. The van der Waals surface area contributed by atoms with Crippen LogP contribution < -0.4 is 16.2 Å². The Kier molecular flexibility index (Phi) is 7.30. The molecule has 0 aromatic heterocycles. The molecule has 1 aliphatic rings. The second-order valence-electron chi connectivity index (χ2n) is 6.02. The van der Waals surface area contributed by atoms with E-state index >= 15 is 0 Å². The number of benzene rings is 1. The summed E-state index contributed by atoms with van der Waals surface area (Å²) in [5.41, 5.74) is 5.96. The standard InChI is InChI=1S/C16H23FN4O3S2/c1-2-26(23,24)21-9-3-4-13(11-21)15(22)19-20-16(25)18-10-12-5-7-14(17)8-6-12/h5-8,13H,2-4,9-11H2,1H3,(H,19,22)(H2,18,20,25). The molecule has 1 aromatic carbocycles. The maximum absolute atomic E-state index is 12.8. The first-order chi connectivity index (χ1) is 12.3. The summed E-state index contributed by atoms with van der Waals surface area (Å²) in [4.78, 5) is 12.3. The second-order valence-corrected chi connectivity index (χ2v) is 8.69. The number of nitrogens with zero attached hydrogens (tertiary/aromatic N) is 1. The number of nitrogens with one attached hydrogen (secondary N) is 3. The predicted octanol–water partition coefficient (Wildman–Crippen LogP) is 0.883. The molecule has 1 saturated heterocycles. The summed E-state index contributed by atoms with van der Waals surface area (Å²) in [6.45, 7) is 2.60. The van der Waals surface area contributed by atoms with Gasteiger partial charge in [-0.15, -0.1) is 0 Å². The van der Waals surface area contributed by atoms with Crippen molar-refractivity contribution >= 4 is 33.3 Å². The van der Waals surface area contributed by atoms with Gasteiger partial charge in [0.1, 0.15) is 5.82 Å². The summed E-state index contributed by atoms with van der Waals surface area (Å²) in [6.07, 6.45) is 1.27. The van der Waals surface area contributed by atoms with Crippen LogP contribution in [0.5, 0.6) is 0 Å². The first kappa shape index (κ1) is 20.5. The van der Waals surface area contributed by atoms with Crippen molar-refractivity contribution in [3.8, 4) is 0 Å². The molecule has 7 nitrogen and oxygen atoms in total. The summed E-state index contributed by atoms with van der Waals surface area (Å²) in [5, 5.41) is 3.11. The summed E-state index contributed by atoms with van der Waals surface area (Å²) in [6, 6.07) is 5.98. The lowest BCUT2D eigenvalue weighted by Gasteiger charge is -2.30. The van der Waals surface area contributed by atoms with E-state index in [1.165, 1.54) is 16.4 Å². The number of hydrazine groups is 1. The molecule has 0 spiro atoms. The van der Waals surface area contributed by atoms with Crippen LogP contribution in [-0.4, -0.2) is 42.6 Å². The van der Waals surface area contributed by atoms with Gasteiger partial charge >= 0.3 is 0 Å². The van der Waals surface area contributed by atoms with Crippen LogP contribution in [0.2, 0.25) is 0 Å². The van der Waals surface area contributed by atoms with E-state index in [1.54, 1.807) is 19.1 Å². The van der Waals surface area contributed by atoms with Gasteiger partial charge in [0.2, 0.25) is 15.9 Å². The third-order valence-corrected chi connectivity index (χ3v) is 6.27. The van der Waals surface area contributed by atoms with Crippen molar-refractivity contribution in [3.05, 3.63) is 35.6 Å². The van der Waals surface area contributed by atoms with Gasteiger partial charge in [0, 0.05) is 19.6 Å². The maximum atomic E-state index is 12.8. The zero-order valence-corrected chi connectivity index (χ0v) is 16.1. The van der Waals surface area contributed by atoms with Crippen LogP contribution in [0.15, 0.2) is 24.3 Å². The van der Waals surface area contributed by atoms with E-state index in [4.69, 9.17) is 12.2 Å². The Balaban J connectivity index is 1.76. The fourth-order valence-electron chi connectivity index (χ4n) is 2.64. The largest absolute Gasteiger partial charge is 0.357 e. The van der Waals surface area contributed by atoms with E-state index < -0.39 is 15.9 Å². The Morgan fingerprint density at radius 1 is 1.31 bits per heavy atom. The number of sulfonamides is 1. The molecule has 1 unspecified atom stereocenters. The molecule has 1 amide bonds. The van der Waals surface area contributed by atoms with Gasteiger partial charge < -0.3 is 5.32 Å². The fourth-order valence-corrected chi connectivity index (χ4v) is 3.94. The molecule has 144 valence electrons. The SMILES string of the molecule is CCS(=O)(=O)N1CCCC(C(=O)NNC(=S)NCc2ccc(F)cc2)C1. The van der Waals surface area contributed by atoms with Crippen molar-refractivity contribution in [2.45, 2.75) is 26.3 Å². The number of piperidine rings is 1. The average Bonchev–Trinajstić information content (AvgIpc) is 2.65. The van der Waals surface area contributed by atoms with Gasteiger partial charge in [0.05, 0.1) is 11.7 Å². The number of hydrogen-bond acceptors (Lipinski definition) is 4. The number of carbonyl (C=O) groups excluding carboxylic acids is 1. The van der Waals surface area contributed by atoms with Crippen molar-refractivity contribution in [3.63, 3.8) is 0 Å². The molecule has 1 heterocycles. The molecule has 0 aliphatic carbocycles. The number of thiocarbonyl (C=S) groups is 1. The minimum atomic E-state index is -3.29. The van der Waals surface area contributed by atoms with Crippen molar-refractivity contribution < 1.29 is 17.6 Å². The van der Waals surface area contributed by atoms with E-state index in [0.717, 1.165) is 5.56 Å². The number of carbonyl (C=O) groups is 1. The third-order valence-electron chi connectivity index (χ3n) is 4.18. The highest BCUT2D eigenvalue weighted by atomic mass is 32.2. The van der Waals surface area contributed by atoms with Gasteiger partial charge in [-0.05, 0) is 49.7 Å². The van der Waals surface area contributed by atoms with Gasteiger partial charge in [0.25, 0.3) is 0 Å². The molecule has 2 rings (SSSR count). The van der Waals surface area contributed by atoms with Crippen molar-refractivity contribution in [2.75, 3.05) is 18.8 Å². The maximum Gasteiger partial charge on any atom is 0.242 e. The van der Waals surface area contributed by atoms with Crippen molar-refractivity contribution in [1.29, 1.82) is 0 Å². The van der Waals surface area contributed by atoms with Crippen molar-refractivity contribution in [1.82, 2.24) is 20.5 Å². The molecule has 1 fully saturated rings. The molecular weight excluding hydrogens is 379 g/mol. The van der Waals surface area contributed by atoms with Gasteiger partial charge in [0.15, 0.2) is 5.11 Å². The van der Waals surface area contributed by atoms with E-state index in [1.807, 2.05) is 0 Å². The molecule has 0 saturated carbocycles. The summed E-state index contributed by atoms with van der Waals surface area (Å²) in [5.74, 6) is -1.01. The molecule has 1 aliphatic heterocycles. The summed E-state index contributed by atoms with van der Waals surface area (Å²) < 4.78 is 38.1. The van der Waals surface area contributed by atoms with Gasteiger partial charge in [-0.1, -0.05) is 12.1 Å². The Bertz CT molecular complexity index is 740. The average molecular weight is 403 g/mol. The molecular formula is C16H23FN4O3S2. The second kappa shape index (κ2) is 9.24. The Morgan fingerprint density at radius 3 is 2.65 bits per heavy atom. The van der Waals surface area contributed by atoms with Crippen LogP contribution in [0.3, 0.4) is 0 Å². The molecule has 0 bridgehead atoms. The Hall–Kier alpha value is -1.78. The number of halogens is 1. The van der Waals surface area contributed by atoms with E-state index in [9.17, 15) is 17.6 Å². The van der Waals surface area contributed by atoms with E-state index in [2.05, 4.69) is 16.2 Å². The van der Waals surface area contributed by atoms with Gasteiger partial charge in [-0.25, -0.2) is 17.1 Å². The molecule has 26 heavy (non-hydrogen) atoms. The fraction of sp³-hybridized carbons (Fsp3) is 0.500. The predicted molar refractivity (Wildman–Crippen MR) is 101 cm³/mol. The number of hydrogen-bond donors (Lipinski definition) is 3. The Labute approximate surface area is 158 Å². The van der Waals surface area contributed by atoms with Gasteiger partial charge in [-0.2, -0.15) is 0 Å². The minimum Gasteiger partial charge on any atom is -0.357 e. The third kappa shape index (κ3) is 5.89. The first-order valence-corrected chi connectivity index (χ1v) is 10.4. The molecule has 3 N–H and O–H groups in total. The zero-order chi connectivity index (χ0) is 19.2. The molecule has 1 atom stereocenters. The highest BCUT2D eigenvalue weighted by Gasteiger charge is 2.31. The smallest absolute Gasteiger partial charge is 0.242 e. The summed E-state index contributed by atoms with van der Waals surface area (Å²) in [7, 11) is -3.29. The topological polar surface area (TPSA) is 90.5 Å². The quantitative estimate of drug-likeness (QED) is 0.500. The zero-order valence-electron chi connectivity index (χ0n) is 14.5. The van der Waals surface area contributed by atoms with Crippen molar-refractivity contribution in [2.24, 2.45) is 5.92 Å². The van der Waals surface area contributed by atoms with Crippen LogP contribution >= 0.6 is 12.2 Å². The van der Waals surface area contributed by atoms with E-state index in [-0.39, 0.29) is 29.1 Å². The molecule has 10 heteroatoms. The first-order valence-electron chi connectivity index (χ1n) is 8.38. The Morgan fingerprint density at radius 2 is 2.00 bits per heavy atom. The highest BCUT2D eigenvalue weighted by Crippen LogP contribution is 2.19.